The molecule has 130 valence electrons. The lowest BCUT2D eigenvalue weighted by molar-refractivity contribution is -0.148. The summed E-state index contributed by atoms with van der Waals surface area (Å²) in [4.78, 5) is 21.8. The van der Waals surface area contributed by atoms with Crippen LogP contribution in [0.5, 0.6) is 0 Å². The van der Waals surface area contributed by atoms with Gasteiger partial charge in [0.05, 0.1) is 6.10 Å². The van der Waals surface area contributed by atoms with Crippen LogP contribution < -0.4 is 0 Å². The summed E-state index contributed by atoms with van der Waals surface area (Å²) in [6.07, 6.45) is 12.9. The molecule has 0 bridgehead atoms. The molecule has 0 aliphatic carbocycles. The zero-order valence-electron chi connectivity index (χ0n) is 14.4. The van der Waals surface area contributed by atoms with Crippen molar-refractivity contribution in [2.75, 3.05) is 0 Å². The normalized spacial score (nSPS) is 12.1. The molecule has 0 rings (SSSR count). The third kappa shape index (κ3) is 15.3. The lowest BCUT2D eigenvalue weighted by atomic mass is 10.1. The van der Waals surface area contributed by atoms with Crippen molar-refractivity contribution in [2.45, 2.75) is 103 Å². The largest absolute Gasteiger partial charge is 0.481 e. The van der Waals surface area contributed by atoms with E-state index in [0.29, 0.717) is 12.8 Å². The number of hydrogen-bond acceptors (Lipinski definition) is 3. The van der Waals surface area contributed by atoms with Gasteiger partial charge in [0.1, 0.15) is 0 Å². The number of esters is 1. The number of carbonyl (C=O) groups is 2. The zero-order chi connectivity index (χ0) is 16.6. The summed E-state index contributed by atoms with van der Waals surface area (Å²) < 4.78 is 5.23. The van der Waals surface area contributed by atoms with Gasteiger partial charge in [-0.2, -0.15) is 0 Å². The quantitative estimate of drug-likeness (QED) is 0.337. The molecule has 0 saturated carbocycles. The molecule has 1 atom stereocenters. The molecule has 0 amide bonds. The molecule has 4 nitrogen and oxygen atoms in total. The van der Waals surface area contributed by atoms with Gasteiger partial charge >= 0.3 is 11.9 Å². The highest BCUT2D eigenvalue weighted by Crippen LogP contribution is 2.12. The van der Waals surface area contributed by atoms with Crippen molar-refractivity contribution in [3.63, 3.8) is 0 Å². The number of carboxylic acid groups (broad SMARTS) is 1. The fraction of sp³-hybridized carbons (Fsp3) is 0.889. The molecule has 0 radical (unpaired) electrons. The zero-order valence-corrected chi connectivity index (χ0v) is 14.4. The Bertz CT molecular complexity index is 289. The Kier molecular flexibility index (Phi) is 14.1. The summed E-state index contributed by atoms with van der Waals surface area (Å²) in [6.45, 7) is 3.95. The van der Waals surface area contributed by atoms with E-state index in [1.54, 1.807) is 0 Å². The van der Waals surface area contributed by atoms with E-state index in [1.807, 2.05) is 13.8 Å². The minimum Gasteiger partial charge on any atom is -0.481 e. The molecule has 1 N–H and O–H groups in total. The van der Waals surface area contributed by atoms with E-state index < -0.39 is 5.97 Å². The number of unbranched alkanes of at least 4 members (excludes halogenated alkanes) is 9. The van der Waals surface area contributed by atoms with Crippen molar-refractivity contribution in [3.8, 4) is 0 Å². The van der Waals surface area contributed by atoms with Gasteiger partial charge < -0.3 is 9.84 Å². The topological polar surface area (TPSA) is 63.6 Å². The molecule has 0 fully saturated rings. The monoisotopic (exact) mass is 314 g/mol. The van der Waals surface area contributed by atoms with Gasteiger partial charge in [-0.05, 0) is 26.2 Å². The molecule has 0 aromatic rings. The Balaban J connectivity index is 3.17. The van der Waals surface area contributed by atoms with Gasteiger partial charge in [0, 0.05) is 12.8 Å². The van der Waals surface area contributed by atoms with E-state index in [0.717, 1.165) is 38.5 Å². The van der Waals surface area contributed by atoms with Crippen molar-refractivity contribution in [1.82, 2.24) is 0 Å². The van der Waals surface area contributed by atoms with Gasteiger partial charge in [-0.3, -0.25) is 9.59 Å². The molecule has 0 aliphatic heterocycles. The van der Waals surface area contributed by atoms with Crippen LogP contribution in [0.25, 0.3) is 0 Å². The maximum Gasteiger partial charge on any atom is 0.306 e. The van der Waals surface area contributed by atoms with Crippen molar-refractivity contribution >= 4 is 11.9 Å². The minimum atomic E-state index is -0.687. The number of aliphatic carboxylic acids is 1. The van der Waals surface area contributed by atoms with Gasteiger partial charge in [-0.1, -0.05) is 58.3 Å². The van der Waals surface area contributed by atoms with E-state index in [4.69, 9.17) is 9.84 Å². The lowest BCUT2D eigenvalue weighted by Gasteiger charge is -2.10. The molecule has 1 unspecified atom stereocenters. The van der Waals surface area contributed by atoms with E-state index in [-0.39, 0.29) is 12.1 Å². The van der Waals surface area contributed by atoms with E-state index >= 15 is 0 Å². The standard InChI is InChI=1S/C18H34O4/c1-3-16(2)22-18(21)15-13-11-9-7-5-4-6-8-10-12-14-17(19)20/h16H,3-15H2,1-2H3,(H,19,20). The lowest BCUT2D eigenvalue weighted by Crippen LogP contribution is -2.13. The molecular weight excluding hydrogens is 280 g/mol. The minimum absolute atomic E-state index is 0.0444. The second-order valence-electron chi connectivity index (χ2n) is 6.14. The van der Waals surface area contributed by atoms with Gasteiger partial charge in [-0.15, -0.1) is 0 Å². The molecular formula is C18H34O4. The molecule has 0 heterocycles. The number of ether oxygens (including phenoxy) is 1. The smallest absolute Gasteiger partial charge is 0.306 e. The molecule has 0 saturated heterocycles. The van der Waals surface area contributed by atoms with E-state index in [1.165, 1.54) is 32.1 Å². The average molecular weight is 314 g/mol. The summed E-state index contributed by atoms with van der Waals surface area (Å²) in [5, 5.41) is 8.52. The van der Waals surface area contributed by atoms with Gasteiger partial charge in [0.15, 0.2) is 0 Å². The Morgan fingerprint density at radius 3 is 1.64 bits per heavy atom. The summed E-state index contributed by atoms with van der Waals surface area (Å²) in [5.41, 5.74) is 0. The average Bonchev–Trinajstić information content (AvgIpc) is 2.47. The molecule has 0 aromatic heterocycles. The Hall–Kier alpha value is -1.06. The van der Waals surface area contributed by atoms with Crippen molar-refractivity contribution in [1.29, 1.82) is 0 Å². The summed E-state index contributed by atoms with van der Waals surface area (Å²) in [6, 6.07) is 0. The van der Waals surface area contributed by atoms with Crippen LogP contribution in [0.3, 0.4) is 0 Å². The van der Waals surface area contributed by atoms with Gasteiger partial charge in [0.2, 0.25) is 0 Å². The molecule has 4 heteroatoms. The van der Waals surface area contributed by atoms with Crippen LogP contribution in [0.2, 0.25) is 0 Å². The van der Waals surface area contributed by atoms with Crippen LogP contribution in [0.1, 0.15) is 97.3 Å². The maximum atomic E-state index is 11.5. The Labute approximate surface area is 135 Å². The molecule has 0 aliphatic rings. The highest BCUT2D eigenvalue weighted by Gasteiger charge is 2.06. The summed E-state index contributed by atoms with van der Waals surface area (Å²) in [5.74, 6) is -0.747. The molecule has 0 spiro atoms. The molecule has 0 aromatic carbocycles. The highest BCUT2D eigenvalue weighted by molar-refractivity contribution is 5.69. The van der Waals surface area contributed by atoms with Crippen LogP contribution in [0.4, 0.5) is 0 Å². The van der Waals surface area contributed by atoms with Crippen LogP contribution in [-0.4, -0.2) is 23.1 Å². The fourth-order valence-electron chi connectivity index (χ4n) is 2.33. The highest BCUT2D eigenvalue weighted by atomic mass is 16.5. The number of hydrogen-bond donors (Lipinski definition) is 1. The van der Waals surface area contributed by atoms with Crippen LogP contribution in [-0.2, 0) is 14.3 Å². The second kappa shape index (κ2) is 14.9. The van der Waals surface area contributed by atoms with Crippen LogP contribution in [0.15, 0.2) is 0 Å². The van der Waals surface area contributed by atoms with Crippen LogP contribution >= 0.6 is 0 Å². The van der Waals surface area contributed by atoms with Gasteiger partial charge in [0.25, 0.3) is 0 Å². The Morgan fingerprint density at radius 1 is 0.818 bits per heavy atom. The first kappa shape index (κ1) is 20.9. The second-order valence-corrected chi connectivity index (χ2v) is 6.14. The fourth-order valence-corrected chi connectivity index (χ4v) is 2.33. The number of carbonyl (C=O) groups excluding carboxylic acids is 1. The summed E-state index contributed by atoms with van der Waals surface area (Å²) in [7, 11) is 0. The summed E-state index contributed by atoms with van der Waals surface area (Å²) >= 11 is 0. The number of rotatable bonds is 15. The first-order valence-electron chi connectivity index (χ1n) is 8.97. The predicted molar refractivity (Wildman–Crippen MR) is 88.9 cm³/mol. The van der Waals surface area contributed by atoms with E-state index in [9.17, 15) is 9.59 Å². The maximum absolute atomic E-state index is 11.5. The van der Waals surface area contributed by atoms with E-state index in [2.05, 4.69) is 0 Å². The molecule has 22 heavy (non-hydrogen) atoms. The van der Waals surface area contributed by atoms with Crippen molar-refractivity contribution in [3.05, 3.63) is 0 Å². The predicted octanol–water partition coefficient (Wildman–Crippen LogP) is 5.09. The Morgan fingerprint density at radius 2 is 1.23 bits per heavy atom. The van der Waals surface area contributed by atoms with Crippen LogP contribution in [0, 0.1) is 0 Å². The van der Waals surface area contributed by atoms with Crippen molar-refractivity contribution < 1.29 is 19.4 Å². The van der Waals surface area contributed by atoms with Gasteiger partial charge in [-0.25, -0.2) is 0 Å². The van der Waals surface area contributed by atoms with Crippen molar-refractivity contribution in [2.24, 2.45) is 0 Å². The first-order chi connectivity index (χ1) is 10.6. The SMILES string of the molecule is CCC(C)OC(=O)CCCCCCCCCCCCC(=O)O. The third-order valence-electron chi connectivity index (χ3n) is 3.93. The first-order valence-corrected chi connectivity index (χ1v) is 8.97. The third-order valence-corrected chi connectivity index (χ3v) is 3.93. The number of carboxylic acids is 1.